The Morgan fingerprint density at radius 2 is 1.66 bits per heavy atom. The molecular weight excluding hydrogens is 424 g/mol. The van der Waals surface area contributed by atoms with Crippen LogP contribution in [0.3, 0.4) is 0 Å². The van der Waals surface area contributed by atoms with Crippen molar-refractivity contribution in [3.05, 3.63) is 85.2 Å². The molecule has 0 spiro atoms. The lowest BCUT2D eigenvalue weighted by molar-refractivity contribution is -0.115. The van der Waals surface area contributed by atoms with Gasteiger partial charge in [-0.1, -0.05) is 42.1 Å². The first kappa shape index (κ1) is 21.5. The Kier molecular flexibility index (Phi) is 6.72. The molecule has 162 valence electrons. The number of carbonyl (C=O) groups excluding carboxylic acids is 1. The van der Waals surface area contributed by atoms with E-state index in [1.165, 1.54) is 11.8 Å². The fraction of sp³-hybridized carbons (Fsp3) is 0.125. The SMILES string of the molecule is COc1ccccc1-n1cnnc1S[C@@H](C)C(=O)Nc1ccc(Oc2ccccc2)cc1. The Bertz CT molecular complexity index is 1180. The van der Waals surface area contributed by atoms with Crippen LogP contribution in [0, 0.1) is 0 Å². The van der Waals surface area contributed by atoms with Crippen LogP contribution in [0.5, 0.6) is 17.2 Å². The van der Waals surface area contributed by atoms with Crippen LogP contribution in [-0.4, -0.2) is 33.0 Å². The van der Waals surface area contributed by atoms with E-state index in [0.717, 1.165) is 11.4 Å². The third-order valence-electron chi connectivity index (χ3n) is 4.61. The van der Waals surface area contributed by atoms with Crippen LogP contribution in [0.2, 0.25) is 0 Å². The van der Waals surface area contributed by atoms with Gasteiger partial charge < -0.3 is 14.8 Å². The van der Waals surface area contributed by atoms with E-state index in [1.54, 1.807) is 13.4 Å². The molecule has 0 unspecified atom stereocenters. The molecule has 32 heavy (non-hydrogen) atoms. The molecule has 4 aromatic rings. The lowest BCUT2D eigenvalue weighted by Crippen LogP contribution is -2.22. The maximum absolute atomic E-state index is 12.7. The van der Waals surface area contributed by atoms with E-state index >= 15 is 0 Å². The molecule has 7 nitrogen and oxygen atoms in total. The number of carbonyl (C=O) groups is 1. The van der Waals surface area contributed by atoms with Gasteiger partial charge in [0.2, 0.25) is 5.91 Å². The Hall–Kier alpha value is -3.78. The Labute approximate surface area is 190 Å². The van der Waals surface area contributed by atoms with Crippen molar-refractivity contribution in [3.63, 3.8) is 0 Å². The molecule has 1 aromatic heterocycles. The second-order valence-corrected chi connectivity index (χ2v) is 8.15. The molecule has 1 amide bonds. The van der Waals surface area contributed by atoms with E-state index in [4.69, 9.17) is 9.47 Å². The van der Waals surface area contributed by atoms with Crippen molar-refractivity contribution in [1.82, 2.24) is 14.8 Å². The van der Waals surface area contributed by atoms with Crippen LogP contribution in [0.1, 0.15) is 6.92 Å². The fourth-order valence-electron chi connectivity index (χ4n) is 2.99. The van der Waals surface area contributed by atoms with Gasteiger partial charge in [0.1, 0.15) is 23.6 Å². The van der Waals surface area contributed by atoms with E-state index in [1.807, 2.05) is 90.4 Å². The summed E-state index contributed by atoms with van der Waals surface area (Å²) in [4.78, 5) is 12.7. The Morgan fingerprint density at radius 3 is 2.41 bits per heavy atom. The number of nitrogens with zero attached hydrogens (tertiary/aromatic N) is 3. The number of thioether (sulfide) groups is 1. The van der Waals surface area contributed by atoms with E-state index in [0.29, 0.717) is 22.3 Å². The molecule has 1 atom stereocenters. The molecule has 8 heteroatoms. The van der Waals surface area contributed by atoms with Gasteiger partial charge in [0.25, 0.3) is 0 Å². The first-order valence-electron chi connectivity index (χ1n) is 9.98. The van der Waals surface area contributed by atoms with E-state index in [-0.39, 0.29) is 5.91 Å². The van der Waals surface area contributed by atoms with Gasteiger partial charge in [-0.15, -0.1) is 10.2 Å². The third kappa shape index (κ3) is 5.09. The smallest absolute Gasteiger partial charge is 0.237 e. The fourth-order valence-corrected chi connectivity index (χ4v) is 3.82. The second-order valence-electron chi connectivity index (χ2n) is 6.84. The molecule has 0 bridgehead atoms. The summed E-state index contributed by atoms with van der Waals surface area (Å²) in [6, 6.07) is 24.4. The van der Waals surface area contributed by atoms with Gasteiger partial charge in [-0.3, -0.25) is 9.36 Å². The van der Waals surface area contributed by atoms with Crippen LogP contribution in [0.4, 0.5) is 5.69 Å². The summed E-state index contributed by atoms with van der Waals surface area (Å²) in [6.07, 6.45) is 1.61. The van der Waals surface area contributed by atoms with Gasteiger partial charge in [-0.2, -0.15) is 0 Å². The van der Waals surface area contributed by atoms with Crippen molar-refractivity contribution in [2.24, 2.45) is 0 Å². The van der Waals surface area contributed by atoms with Gasteiger partial charge in [0.15, 0.2) is 5.16 Å². The van der Waals surface area contributed by atoms with Crippen LogP contribution >= 0.6 is 11.8 Å². The summed E-state index contributed by atoms with van der Waals surface area (Å²) in [5.74, 6) is 2.01. The first-order valence-corrected chi connectivity index (χ1v) is 10.9. The number of methoxy groups -OCH3 is 1. The number of benzene rings is 3. The minimum absolute atomic E-state index is 0.138. The number of para-hydroxylation sites is 3. The lowest BCUT2D eigenvalue weighted by Gasteiger charge is -2.14. The van der Waals surface area contributed by atoms with Gasteiger partial charge in [-0.25, -0.2) is 0 Å². The highest BCUT2D eigenvalue weighted by atomic mass is 32.2. The molecule has 0 radical (unpaired) electrons. The number of anilines is 1. The largest absolute Gasteiger partial charge is 0.495 e. The van der Waals surface area contributed by atoms with Crippen molar-refractivity contribution in [3.8, 4) is 22.9 Å². The monoisotopic (exact) mass is 446 g/mol. The molecule has 4 rings (SSSR count). The van der Waals surface area contributed by atoms with Crippen molar-refractivity contribution in [2.45, 2.75) is 17.3 Å². The standard InChI is InChI=1S/C24H22N4O3S/c1-17(32-24-27-25-16-28(24)21-10-6-7-11-22(21)30-2)23(29)26-18-12-14-20(15-13-18)31-19-8-4-3-5-9-19/h3-17H,1-2H3,(H,26,29)/t17-/m0/s1. The van der Waals surface area contributed by atoms with E-state index in [2.05, 4.69) is 15.5 Å². The van der Waals surface area contributed by atoms with E-state index < -0.39 is 5.25 Å². The minimum Gasteiger partial charge on any atom is -0.495 e. The summed E-state index contributed by atoms with van der Waals surface area (Å²) in [7, 11) is 1.61. The maximum Gasteiger partial charge on any atom is 0.237 e. The molecule has 0 saturated carbocycles. The number of nitrogens with one attached hydrogen (secondary N) is 1. The maximum atomic E-state index is 12.7. The first-order chi connectivity index (χ1) is 15.6. The highest BCUT2D eigenvalue weighted by Crippen LogP contribution is 2.29. The zero-order valence-corrected chi connectivity index (χ0v) is 18.5. The average Bonchev–Trinajstić information content (AvgIpc) is 3.28. The number of rotatable bonds is 8. The van der Waals surface area contributed by atoms with Gasteiger partial charge in [-0.05, 0) is 55.5 Å². The number of ether oxygens (including phenoxy) is 2. The second kappa shape index (κ2) is 10.0. The predicted octanol–water partition coefficient (Wildman–Crippen LogP) is 5.19. The summed E-state index contributed by atoms with van der Waals surface area (Å²) < 4.78 is 13.0. The molecule has 1 heterocycles. The Balaban J connectivity index is 1.39. The van der Waals surface area contributed by atoms with Crippen LogP contribution in [0.15, 0.2) is 90.3 Å². The summed E-state index contributed by atoms with van der Waals surface area (Å²) in [5.41, 5.74) is 1.50. The Morgan fingerprint density at radius 1 is 0.969 bits per heavy atom. The van der Waals surface area contributed by atoms with Crippen molar-refractivity contribution < 1.29 is 14.3 Å². The highest BCUT2D eigenvalue weighted by Gasteiger charge is 2.19. The molecule has 0 fully saturated rings. The zero-order valence-electron chi connectivity index (χ0n) is 17.6. The predicted molar refractivity (Wildman–Crippen MR) is 125 cm³/mol. The number of amides is 1. The lowest BCUT2D eigenvalue weighted by atomic mass is 10.3. The highest BCUT2D eigenvalue weighted by molar-refractivity contribution is 8.00. The molecule has 0 aliphatic heterocycles. The summed E-state index contributed by atoms with van der Waals surface area (Å²) >= 11 is 1.32. The van der Waals surface area contributed by atoms with Crippen LogP contribution < -0.4 is 14.8 Å². The average molecular weight is 447 g/mol. The quantitative estimate of drug-likeness (QED) is 0.376. The van der Waals surface area contributed by atoms with Gasteiger partial charge in [0, 0.05) is 5.69 Å². The summed E-state index contributed by atoms with van der Waals surface area (Å²) in [5, 5.41) is 11.3. The van der Waals surface area contributed by atoms with Gasteiger partial charge >= 0.3 is 0 Å². The number of hydrogen-bond donors (Lipinski definition) is 1. The molecular formula is C24H22N4O3S. The van der Waals surface area contributed by atoms with Crippen molar-refractivity contribution in [2.75, 3.05) is 12.4 Å². The zero-order chi connectivity index (χ0) is 22.3. The molecule has 3 aromatic carbocycles. The topological polar surface area (TPSA) is 78.3 Å². The normalized spacial score (nSPS) is 11.6. The molecule has 0 saturated heterocycles. The van der Waals surface area contributed by atoms with E-state index in [9.17, 15) is 4.79 Å². The van der Waals surface area contributed by atoms with Crippen molar-refractivity contribution >= 4 is 23.4 Å². The van der Waals surface area contributed by atoms with Gasteiger partial charge in [0.05, 0.1) is 18.0 Å². The number of aromatic nitrogens is 3. The molecule has 0 aliphatic carbocycles. The molecule has 0 aliphatic rings. The summed E-state index contributed by atoms with van der Waals surface area (Å²) in [6.45, 7) is 1.83. The molecule has 1 N–H and O–H groups in total. The minimum atomic E-state index is -0.395. The third-order valence-corrected chi connectivity index (χ3v) is 5.67. The van der Waals surface area contributed by atoms with Crippen molar-refractivity contribution in [1.29, 1.82) is 0 Å². The van der Waals surface area contributed by atoms with Crippen LogP contribution in [-0.2, 0) is 4.79 Å². The van der Waals surface area contributed by atoms with Crippen LogP contribution in [0.25, 0.3) is 5.69 Å². The number of hydrogen-bond acceptors (Lipinski definition) is 6.